The molecule has 0 unspecified atom stereocenters. The van der Waals surface area contributed by atoms with E-state index in [-0.39, 0.29) is 0 Å². The zero-order valence-electron chi connectivity index (χ0n) is 11.3. The Balaban J connectivity index is 2.61. The Kier molecular flexibility index (Phi) is 4.76. The summed E-state index contributed by atoms with van der Waals surface area (Å²) in [4.78, 5) is 11.6. The lowest BCUT2D eigenvalue weighted by Gasteiger charge is -2.23. The van der Waals surface area contributed by atoms with Crippen LogP contribution in [0.25, 0.3) is 0 Å². The third-order valence-corrected chi connectivity index (χ3v) is 3.48. The van der Waals surface area contributed by atoms with E-state index >= 15 is 0 Å². The first-order valence-electron chi connectivity index (χ1n) is 6.59. The third-order valence-electron chi connectivity index (χ3n) is 3.48. The Bertz CT molecular complexity index is 263. The molecule has 16 heavy (non-hydrogen) atoms. The summed E-state index contributed by atoms with van der Waals surface area (Å²) < 4.78 is 0. The average molecular weight is 222 g/mol. The molecule has 1 rings (SSSR count). The molecule has 0 aliphatic heterocycles. The first-order valence-corrected chi connectivity index (χ1v) is 6.59. The third kappa shape index (κ3) is 3.77. The molecule has 0 saturated heterocycles. The Labute approximate surface area is 100 Å². The van der Waals surface area contributed by atoms with Gasteiger partial charge in [0.2, 0.25) is 0 Å². The molecule has 1 heteroatoms. The second-order valence-electron chi connectivity index (χ2n) is 6.20. The summed E-state index contributed by atoms with van der Waals surface area (Å²) in [7, 11) is 0. The quantitative estimate of drug-likeness (QED) is 0.636. The van der Waals surface area contributed by atoms with Crippen LogP contribution < -0.4 is 0 Å². The number of allylic oxidation sites excluding steroid dienone is 1. The normalized spacial score (nSPS) is 25.8. The van der Waals surface area contributed by atoms with Crippen LogP contribution in [0.1, 0.15) is 53.4 Å². The summed E-state index contributed by atoms with van der Waals surface area (Å²) in [5, 5.41) is 0. The van der Waals surface area contributed by atoms with E-state index in [4.69, 9.17) is 0 Å². The predicted molar refractivity (Wildman–Crippen MR) is 69.3 cm³/mol. The summed E-state index contributed by atoms with van der Waals surface area (Å²) in [6.07, 6.45) is 3.79. The van der Waals surface area contributed by atoms with Gasteiger partial charge < -0.3 is 0 Å². The van der Waals surface area contributed by atoms with Crippen LogP contribution in [-0.4, -0.2) is 5.78 Å². The molecule has 1 aliphatic carbocycles. The van der Waals surface area contributed by atoms with Crippen LogP contribution in [0.2, 0.25) is 0 Å². The number of hydrogen-bond acceptors (Lipinski definition) is 1. The van der Waals surface area contributed by atoms with Crippen molar-refractivity contribution < 1.29 is 4.79 Å². The maximum atomic E-state index is 11.6. The van der Waals surface area contributed by atoms with Crippen LogP contribution in [0.4, 0.5) is 0 Å². The molecule has 2 atom stereocenters. The first-order chi connectivity index (χ1) is 7.40. The Morgan fingerprint density at radius 1 is 1.25 bits per heavy atom. The zero-order valence-corrected chi connectivity index (χ0v) is 11.3. The van der Waals surface area contributed by atoms with Crippen molar-refractivity contribution >= 4 is 5.78 Å². The molecule has 0 N–H and O–H groups in total. The summed E-state index contributed by atoms with van der Waals surface area (Å²) in [6, 6.07) is 0. The highest BCUT2D eigenvalue weighted by Crippen LogP contribution is 2.39. The second-order valence-corrected chi connectivity index (χ2v) is 6.20. The average Bonchev–Trinajstić information content (AvgIpc) is 2.44. The lowest BCUT2D eigenvalue weighted by atomic mass is 9.81. The van der Waals surface area contributed by atoms with Crippen LogP contribution in [0, 0.1) is 23.7 Å². The molecule has 0 aromatic rings. The molecule has 0 heterocycles. The number of carbonyl (C=O) groups excluding carboxylic acids is 1. The largest absolute Gasteiger partial charge is 0.300 e. The smallest absolute Gasteiger partial charge is 0.133 e. The van der Waals surface area contributed by atoms with Crippen molar-refractivity contribution in [2.45, 2.75) is 53.4 Å². The van der Waals surface area contributed by atoms with Crippen molar-refractivity contribution in [1.29, 1.82) is 0 Å². The molecule has 1 saturated carbocycles. The maximum absolute atomic E-state index is 11.6. The number of carbonyl (C=O) groups is 1. The van der Waals surface area contributed by atoms with Gasteiger partial charge in [-0.25, -0.2) is 0 Å². The highest BCUT2D eigenvalue weighted by molar-refractivity contribution is 5.81. The van der Waals surface area contributed by atoms with Crippen molar-refractivity contribution in [3.05, 3.63) is 12.2 Å². The van der Waals surface area contributed by atoms with Crippen LogP contribution in [0.5, 0.6) is 0 Å². The SMILES string of the molecule is C=C(CC(C)C)[C@@H]1CC(=O)C[C@@H]1CC(C)C. The maximum Gasteiger partial charge on any atom is 0.133 e. The van der Waals surface area contributed by atoms with Crippen molar-refractivity contribution in [2.24, 2.45) is 23.7 Å². The van der Waals surface area contributed by atoms with Gasteiger partial charge in [0.15, 0.2) is 0 Å². The number of Topliss-reactive ketones (excluding diaryl/α,β-unsaturated/α-hetero) is 1. The summed E-state index contributed by atoms with van der Waals surface area (Å²) >= 11 is 0. The molecule has 1 nitrogen and oxygen atoms in total. The minimum absolute atomic E-state index is 0.445. The highest BCUT2D eigenvalue weighted by Gasteiger charge is 2.34. The fourth-order valence-corrected chi connectivity index (χ4v) is 2.94. The summed E-state index contributed by atoms with van der Waals surface area (Å²) in [6.45, 7) is 13.1. The minimum Gasteiger partial charge on any atom is -0.300 e. The molecule has 0 amide bonds. The number of rotatable bonds is 5. The fourth-order valence-electron chi connectivity index (χ4n) is 2.94. The van der Waals surface area contributed by atoms with Gasteiger partial charge in [0.05, 0.1) is 0 Å². The monoisotopic (exact) mass is 222 g/mol. The van der Waals surface area contributed by atoms with E-state index in [9.17, 15) is 4.79 Å². The second kappa shape index (κ2) is 5.65. The Morgan fingerprint density at radius 2 is 1.88 bits per heavy atom. The van der Waals surface area contributed by atoms with E-state index < -0.39 is 0 Å². The van der Waals surface area contributed by atoms with Gasteiger partial charge >= 0.3 is 0 Å². The molecular formula is C15H26O. The Morgan fingerprint density at radius 3 is 2.38 bits per heavy atom. The van der Waals surface area contributed by atoms with Crippen molar-refractivity contribution in [3.8, 4) is 0 Å². The number of hydrogen-bond donors (Lipinski definition) is 0. The topological polar surface area (TPSA) is 17.1 Å². The van der Waals surface area contributed by atoms with E-state index in [0.717, 1.165) is 19.3 Å². The first kappa shape index (κ1) is 13.5. The molecule has 0 aromatic carbocycles. The molecular weight excluding hydrogens is 196 g/mol. The van der Waals surface area contributed by atoms with E-state index in [1.165, 1.54) is 12.0 Å². The fraction of sp³-hybridized carbons (Fsp3) is 0.800. The van der Waals surface area contributed by atoms with Crippen molar-refractivity contribution in [1.82, 2.24) is 0 Å². The molecule has 0 spiro atoms. The molecule has 0 bridgehead atoms. The lowest BCUT2D eigenvalue weighted by Crippen LogP contribution is -2.13. The molecule has 1 aliphatic rings. The lowest BCUT2D eigenvalue weighted by molar-refractivity contribution is -0.117. The zero-order chi connectivity index (χ0) is 12.3. The summed E-state index contributed by atoms with van der Waals surface area (Å²) in [5.41, 5.74) is 1.31. The van der Waals surface area contributed by atoms with Gasteiger partial charge in [-0.3, -0.25) is 4.79 Å². The van der Waals surface area contributed by atoms with Crippen molar-refractivity contribution in [3.63, 3.8) is 0 Å². The highest BCUT2D eigenvalue weighted by atomic mass is 16.1. The van der Waals surface area contributed by atoms with Gasteiger partial charge in [-0.2, -0.15) is 0 Å². The molecule has 0 radical (unpaired) electrons. The molecule has 92 valence electrons. The van der Waals surface area contributed by atoms with E-state index in [1.807, 2.05) is 0 Å². The minimum atomic E-state index is 0.445. The van der Waals surface area contributed by atoms with Crippen LogP contribution in [0.3, 0.4) is 0 Å². The van der Waals surface area contributed by atoms with E-state index in [1.54, 1.807) is 0 Å². The number of ketones is 1. The van der Waals surface area contributed by atoms with Gasteiger partial charge in [0, 0.05) is 12.8 Å². The van der Waals surface area contributed by atoms with Crippen LogP contribution >= 0.6 is 0 Å². The van der Waals surface area contributed by atoms with Gasteiger partial charge in [-0.15, -0.1) is 0 Å². The predicted octanol–water partition coefficient (Wildman–Crippen LogP) is 4.23. The van der Waals surface area contributed by atoms with Crippen LogP contribution in [-0.2, 0) is 4.79 Å². The van der Waals surface area contributed by atoms with Gasteiger partial charge in [-0.05, 0) is 36.5 Å². The van der Waals surface area contributed by atoms with E-state index in [2.05, 4.69) is 34.3 Å². The van der Waals surface area contributed by atoms with Gasteiger partial charge in [0.1, 0.15) is 5.78 Å². The van der Waals surface area contributed by atoms with Crippen LogP contribution in [0.15, 0.2) is 12.2 Å². The van der Waals surface area contributed by atoms with Crippen molar-refractivity contribution in [2.75, 3.05) is 0 Å². The van der Waals surface area contributed by atoms with Gasteiger partial charge in [0.25, 0.3) is 0 Å². The van der Waals surface area contributed by atoms with Gasteiger partial charge in [-0.1, -0.05) is 39.8 Å². The molecule has 1 fully saturated rings. The standard InChI is InChI=1S/C15H26O/c1-10(2)6-12(5)15-9-14(16)8-13(15)7-11(3)4/h10-11,13,15H,5-9H2,1-4H3/t13-,15-/m0/s1. The summed E-state index contributed by atoms with van der Waals surface area (Å²) in [5.74, 6) is 2.82. The molecule has 0 aromatic heterocycles. The Hall–Kier alpha value is -0.590. The van der Waals surface area contributed by atoms with E-state index in [0.29, 0.717) is 29.5 Å².